The molecule has 1 amide bonds. The van der Waals surface area contributed by atoms with Crippen LogP contribution in [-0.2, 0) is 9.59 Å². The fourth-order valence-corrected chi connectivity index (χ4v) is 3.86. The lowest BCUT2D eigenvalue weighted by Gasteiger charge is -2.14. The van der Waals surface area contributed by atoms with Crippen LogP contribution in [0.5, 0.6) is 11.5 Å². The van der Waals surface area contributed by atoms with Crippen LogP contribution in [0.3, 0.4) is 0 Å². The molecule has 0 radical (unpaired) electrons. The number of rotatable bonds is 10. The van der Waals surface area contributed by atoms with Crippen molar-refractivity contribution in [2.45, 2.75) is 38.1 Å². The molecule has 1 fully saturated rings. The summed E-state index contributed by atoms with van der Waals surface area (Å²) in [5.41, 5.74) is 0. The van der Waals surface area contributed by atoms with Gasteiger partial charge < -0.3 is 14.8 Å². The maximum Gasteiger partial charge on any atom is 0.258 e. The summed E-state index contributed by atoms with van der Waals surface area (Å²) in [7, 11) is 0. The van der Waals surface area contributed by atoms with Crippen LogP contribution >= 0.6 is 23.2 Å². The van der Waals surface area contributed by atoms with Crippen molar-refractivity contribution < 1.29 is 27.8 Å². The van der Waals surface area contributed by atoms with Crippen LogP contribution in [0.4, 0.5) is 8.78 Å². The third kappa shape index (κ3) is 7.35. The van der Waals surface area contributed by atoms with Crippen molar-refractivity contribution in [1.82, 2.24) is 5.32 Å². The highest BCUT2D eigenvalue weighted by Gasteiger charge is 2.26. The van der Waals surface area contributed by atoms with Crippen LogP contribution in [0.15, 0.2) is 36.4 Å². The number of carbonyl (C=O) groups excluding carboxylic acids is 2. The van der Waals surface area contributed by atoms with E-state index in [1.165, 1.54) is 24.3 Å². The Labute approximate surface area is 195 Å². The Morgan fingerprint density at radius 2 is 1.53 bits per heavy atom. The van der Waals surface area contributed by atoms with E-state index in [9.17, 15) is 18.4 Å². The molecule has 1 aliphatic carbocycles. The van der Waals surface area contributed by atoms with Crippen molar-refractivity contribution >= 4 is 34.9 Å². The summed E-state index contributed by atoms with van der Waals surface area (Å²) in [4.78, 5) is 24.2. The molecular formula is C23H23Cl2F2NO4. The van der Waals surface area contributed by atoms with Gasteiger partial charge in [0.2, 0.25) is 0 Å². The molecule has 32 heavy (non-hydrogen) atoms. The molecule has 172 valence electrons. The summed E-state index contributed by atoms with van der Waals surface area (Å²) < 4.78 is 37.4. The number of hydrogen-bond donors (Lipinski definition) is 1. The monoisotopic (exact) mass is 485 g/mol. The van der Waals surface area contributed by atoms with E-state index < -0.39 is 11.6 Å². The van der Waals surface area contributed by atoms with Gasteiger partial charge in [-0.2, -0.15) is 0 Å². The highest BCUT2D eigenvalue weighted by molar-refractivity contribution is 6.31. The maximum atomic E-state index is 13.4. The largest absolute Gasteiger partial charge is 0.486 e. The van der Waals surface area contributed by atoms with E-state index in [1.807, 2.05) is 0 Å². The Hall–Kier alpha value is -2.38. The zero-order valence-corrected chi connectivity index (χ0v) is 18.7. The van der Waals surface area contributed by atoms with Crippen molar-refractivity contribution in [3.63, 3.8) is 0 Å². The van der Waals surface area contributed by atoms with E-state index in [0.29, 0.717) is 18.8 Å². The summed E-state index contributed by atoms with van der Waals surface area (Å²) in [6.45, 7) is -0.347. The van der Waals surface area contributed by atoms with E-state index in [4.69, 9.17) is 32.7 Å². The third-order valence-electron chi connectivity index (χ3n) is 5.29. The molecule has 0 bridgehead atoms. The summed E-state index contributed by atoms with van der Waals surface area (Å²) >= 11 is 11.2. The second kappa shape index (κ2) is 11.5. The van der Waals surface area contributed by atoms with E-state index >= 15 is 0 Å². The molecule has 3 rings (SSSR count). The van der Waals surface area contributed by atoms with Crippen molar-refractivity contribution in [1.29, 1.82) is 0 Å². The normalized spacial score (nSPS) is 17.8. The van der Waals surface area contributed by atoms with E-state index in [2.05, 4.69) is 5.32 Å². The minimum atomic E-state index is -0.608. The summed E-state index contributed by atoms with van der Waals surface area (Å²) in [6, 6.07) is 8.04. The van der Waals surface area contributed by atoms with Crippen molar-refractivity contribution in [3.8, 4) is 11.5 Å². The van der Waals surface area contributed by atoms with Crippen LogP contribution in [0.25, 0.3) is 0 Å². The first-order valence-corrected chi connectivity index (χ1v) is 11.0. The summed E-state index contributed by atoms with van der Waals surface area (Å²) in [6.07, 6.45) is 3.56. The summed E-state index contributed by atoms with van der Waals surface area (Å²) in [5.74, 6) is -0.753. The minimum Gasteiger partial charge on any atom is -0.486 e. The van der Waals surface area contributed by atoms with E-state index in [-0.39, 0.29) is 52.5 Å². The van der Waals surface area contributed by atoms with Crippen LogP contribution in [0.2, 0.25) is 10.0 Å². The Kier molecular flexibility index (Phi) is 8.70. The SMILES string of the molecule is O=C(CCC1CCC(NC(=O)COc2ccc(Cl)c(F)c2)C1)COc1ccc(Cl)c(F)c1. The Balaban J connectivity index is 1.32. The first-order chi connectivity index (χ1) is 15.3. The van der Waals surface area contributed by atoms with Crippen LogP contribution in [0.1, 0.15) is 32.1 Å². The van der Waals surface area contributed by atoms with Crippen molar-refractivity contribution in [2.24, 2.45) is 5.92 Å². The van der Waals surface area contributed by atoms with Gasteiger partial charge in [0.05, 0.1) is 10.0 Å². The Bertz CT molecular complexity index is 973. The molecule has 2 aromatic carbocycles. The maximum absolute atomic E-state index is 13.4. The second-order valence-corrected chi connectivity index (χ2v) is 8.56. The smallest absolute Gasteiger partial charge is 0.258 e. The second-order valence-electron chi connectivity index (χ2n) is 7.75. The zero-order chi connectivity index (χ0) is 23.1. The fraction of sp³-hybridized carbons (Fsp3) is 0.391. The van der Waals surface area contributed by atoms with Gasteiger partial charge in [0.15, 0.2) is 12.4 Å². The lowest BCUT2D eigenvalue weighted by molar-refractivity contribution is -0.124. The molecule has 9 heteroatoms. The van der Waals surface area contributed by atoms with Crippen molar-refractivity contribution in [2.75, 3.05) is 13.2 Å². The predicted molar refractivity (Wildman–Crippen MR) is 117 cm³/mol. The molecule has 1 saturated carbocycles. The number of amides is 1. The number of nitrogens with one attached hydrogen (secondary N) is 1. The Morgan fingerprint density at radius 1 is 0.938 bits per heavy atom. The average Bonchev–Trinajstić information content (AvgIpc) is 3.21. The predicted octanol–water partition coefficient (Wildman–Crippen LogP) is 5.36. The third-order valence-corrected chi connectivity index (χ3v) is 5.90. The van der Waals surface area contributed by atoms with Gasteiger partial charge >= 0.3 is 0 Å². The van der Waals surface area contributed by atoms with Gasteiger partial charge in [-0.1, -0.05) is 23.2 Å². The quantitative estimate of drug-likeness (QED) is 0.491. The molecule has 5 nitrogen and oxygen atoms in total. The summed E-state index contributed by atoms with van der Waals surface area (Å²) in [5, 5.41) is 2.90. The molecule has 1 aliphatic rings. The van der Waals surface area contributed by atoms with Crippen LogP contribution < -0.4 is 14.8 Å². The highest BCUT2D eigenvalue weighted by atomic mass is 35.5. The number of Topliss-reactive ketones (excluding diaryl/α,β-unsaturated/α-hetero) is 1. The first kappa shape index (κ1) is 24.3. The standard InChI is InChI=1S/C23H23Cl2F2NO4/c24-19-7-5-17(10-21(19)26)31-12-16(29)4-2-14-1-3-15(9-14)28-23(30)13-32-18-6-8-20(25)22(27)11-18/h5-8,10-11,14-15H,1-4,9,12-13H2,(H,28,30). The number of benzene rings is 2. The highest BCUT2D eigenvalue weighted by Crippen LogP contribution is 2.29. The number of ketones is 1. The first-order valence-electron chi connectivity index (χ1n) is 10.3. The Morgan fingerprint density at radius 3 is 2.12 bits per heavy atom. The molecule has 0 saturated heterocycles. The lowest BCUT2D eigenvalue weighted by atomic mass is 10.00. The van der Waals surface area contributed by atoms with Crippen LogP contribution in [-0.4, -0.2) is 30.9 Å². The molecule has 0 spiro atoms. The van der Waals surface area contributed by atoms with Gasteiger partial charge in [0.1, 0.15) is 29.7 Å². The van der Waals surface area contributed by atoms with E-state index in [0.717, 1.165) is 31.4 Å². The number of carbonyl (C=O) groups is 2. The molecule has 2 atom stereocenters. The average molecular weight is 486 g/mol. The van der Waals surface area contributed by atoms with E-state index in [1.54, 1.807) is 0 Å². The molecule has 1 N–H and O–H groups in total. The number of ether oxygens (including phenoxy) is 2. The van der Waals surface area contributed by atoms with Gasteiger partial charge in [0, 0.05) is 24.6 Å². The molecule has 0 aromatic heterocycles. The zero-order valence-electron chi connectivity index (χ0n) is 17.2. The van der Waals surface area contributed by atoms with Gasteiger partial charge in [-0.25, -0.2) is 8.78 Å². The molecular weight excluding hydrogens is 463 g/mol. The van der Waals surface area contributed by atoms with Crippen molar-refractivity contribution in [3.05, 3.63) is 58.1 Å². The molecule has 2 unspecified atom stereocenters. The molecule has 2 aromatic rings. The van der Waals surface area contributed by atoms with Gasteiger partial charge in [-0.15, -0.1) is 0 Å². The topological polar surface area (TPSA) is 64.6 Å². The minimum absolute atomic E-state index is 0.00278. The number of hydrogen-bond acceptors (Lipinski definition) is 4. The molecule has 0 heterocycles. The fourth-order valence-electron chi connectivity index (χ4n) is 3.62. The van der Waals surface area contributed by atoms with Crippen LogP contribution in [0, 0.1) is 17.6 Å². The van der Waals surface area contributed by atoms with Gasteiger partial charge in [0.25, 0.3) is 5.91 Å². The molecule has 0 aliphatic heterocycles. The van der Waals surface area contributed by atoms with Gasteiger partial charge in [-0.05, 0) is 55.9 Å². The van der Waals surface area contributed by atoms with Gasteiger partial charge in [-0.3, -0.25) is 9.59 Å². The lowest BCUT2D eigenvalue weighted by Crippen LogP contribution is -2.36. The number of halogens is 4.